The van der Waals surface area contributed by atoms with Crippen molar-refractivity contribution in [3.63, 3.8) is 0 Å². The van der Waals surface area contributed by atoms with Gasteiger partial charge in [-0.3, -0.25) is 9.69 Å². The number of nitrogens with zero attached hydrogens (tertiary/aromatic N) is 1. The van der Waals surface area contributed by atoms with Crippen LogP contribution in [0.2, 0.25) is 0 Å². The highest BCUT2D eigenvalue weighted by Crippen LogP contribution is 1.98. The summed E-state index contributed by atoms with van der Waals surface area (Å²) in [5.74, 6) is -0.766. The number of unbranched alkanes of at least 4 members (excludes halogenated alkanes) is 2. The number of carbonyl (C=O) groups is 1. The quantitative estimate of drug-likeness (QED) is 0.572. The first-order valence-corrected chi connectivity index (χ1v) is 5.13. The van der Waals surface area contributed by atoms with E-state index >= 15 is 0 Å². The van der Waals surface area contributed by atoms with Crippen LogP contribution in [0.3, 0.4) is 0 Å². The van der Waals surface area contributed by atoms with E-state index in [1.807, 2.05) is 4.90 Å². The number of aliphatic carboxylic acids is 1. The monoisotopic (exact) mass is 203 g/mol. The molecule has 0 aliphatic heterocycles. The Morgan fingerprint density at radius 2 is 2.07 bits per heavy atom. The first-order chi connectivity index (χ1) is 6.70. The summed E-state index contributed by atoms with van der Waals surface area (Å²) in [5.41, 5.74) is 0. The summed E-state index contributed by atoms with van der Waals surface area (Å²) < 4.78 is 4.93. The van der Waals surface area contributed by atoms with Crippen molar-refractivity contribution in [1.29, 1.82) is 0 Å². The molecule has 0 bridgehead atoms. The molecule has 0 saturated carbocycles. The second kappa shape index (κ2) is 8.97. The Morgan fingerprint density at radius 1 is 1.36 bits per heavy atom. The smallest absolute Gasteiger partial charge is 0.317 e. The maximum Gasteiger partial charge on any atom is 0.317 e. The van der Waals surface area contributed by atoms with Crippen molar-refractivity contribution in [2.75, 3.05) is 33.4 Å². The Bertz CT molecular complexity index is 150. The number of hydrogen-bond donors (Lipinski definition) is 1. The van der Waals surface area contributed by atoms with Crippen LogP contribution in [0, 0.1) is 0 Å². The zero-order valence-corrected chi connectivity index (χ0v) is 9.16. The summed E-state index contributed by atoms with van der Waals surface area (Å²) >= 11 is 0. The highest BCUT2D eigenvalue weighted by Gasteiger charge is 2.08. The van der Waals surface area contributed by atoms with E-state index in [2.05, 4.69) is 6.92 Å². The minimum absolute atomic E-state index is 0.118. The molecule has 1 N–H and O–H groups in total. The van der Waals surface area contributed by atoms with Gasteiger partial charge in [0.15, 0.2) is 0 Å². The number of carboxylic acids is 1. The van der Waals surface area contributed by atoms with Gasteiger partial charge in [0.25, 0.3) is 0 Å². The van der Waals surface area contributed by atoms with Crippen LogP contribution in [-0.4, -0.2) is 49.3 Å². The molecule has 0 aromatic rings. The van der Waals surface area contributed by atoms with E-state index in [0.717, 1.165) is 25.8 Å². The van der Waals surface area contributed by atoms with Crippen LogP contribution in [-0.2, 0) is 9.53 Å². The lowest BCUT2D eigenvalue weighted by Gasteiger charge is -2.19. The van der Waals surface area contributed by atoms with Crippen molar-refractivity contribution in [2.24, 2.45) is 0 Å². The third kappa shape index (κ3) is 8.01. The van der Waals surface area contributed by atoms with Crippen molar-refractivity contribution in [2.45, 2.75) is 26.2 Å². The highest BCUT2D eigenvalue weighted by molar-refractivity contribution is 5.69. The molecule has 4 heteroatoms. The summed E-state index contributed by atoms with van der Waals surface area (Å²) in [7, 11) is 1.63. The van der Waals surface area contributed by atoms with Crippen molar-refractivity contribution in [1.82, 2.24) is 4.90 Å². The zero-order valence-electron chi connectivity index (χ0n) is 9.16. The van der Waals surface area contributed by atoms with E-state index in [0.29, 0.717) is 13.2 Å². The maximum atomic E-state index is 10.5. The van der Waals surface area contributed by atoms with Gasteiger partial charge in [-0.2, -0.15) is 0 Å². The average Bonchev–Trinajstić information content (AvgIpc) is 2.13. The number of hydrogen-bond acceptors (Lipinski definition) is 3. The molecule has 0 aromatic carbocycles. The molecule has 84 valence electrons. The summed E-state index contributed by atoms with van der Waals surface area (Å²) in [6.07, 6.45) is 3.38. The Hall–Kier alpha value is -0.610. The molecule has 0 heterocycles. The molecule has 14 heavy (non-hydrogen) atoms. The molecule has 0 unspecified atom stereocenters. The molecule has 0 spiro atoms. The number of carboxylic acid groups (broad SMARTS) is 1. The van der Waals surface area contributed by atoms with Crippen LogP contribution in [0.4, 0.5) is 0 Å². The van der Waals surface area contributed by atoms with Gasteiger partial charge in [0.2, 0.25) is 0 Å². The SMILES string of the molecule is CCCCCN(CCOC)CC(=O)O. The minimum Gasteiger partial charge on any atom is -0.480 e. The summed E-state index contributed by atoms with van der Waals surface area (Å²) in [5, 5.41) is 8.66. The third-order valence-corrected chi connectivity index (χ3v) is 2.05. The van der Waals surface area contributed by atoms with Gasteiger partial charge in [-0.25, -0.2) is 0 Å². The molecule has 0 radical (unpaired) electrons. The van der Waals surface area contributed by atoms with Gasteiger partial charge >= 0.3 is 5.97 Å². The molecule has 0 rings (SSSR count). The molecule has 0 aliphatic rings. The van der Waals surface area contributed by atoms with Crippen LogP contribution in [0.1, 0.15) is 26.2 Å². The molecule has 4 nitrogen and oxygen atoms in total. The van der Waals surface area contributed by atoms with E-state index in [-0.39, 0.29) is 6.54 Å². The van der Waals surface area contributed by atoms with Crippen LogP contribution in [0.25, 0.3) is 0 Å². The highest BCUT2D eigenvalue weighted by atomic mass is 16.5. The maximum absolute atomic E-state index is 10.5. The van der Waals surface area contributed by atoms with Crippen molar-refractivity contribution in [3.8, 4) is 0 Å². The third-order valence-electron chi connectivity index (χ3n) is 2.05. The lowest BCUT2D eigenvalue weighted by Crippen LogP contribution is -2.33. The van der Waals surface area contributed by atoms with Crippen LogP contribution in [0.5, 0.6) is 0 Å². The molecular weight excluding hydrogens is 182 g/mol. The number of ether oxygens (including phenoxy) is 1. The van der Waals surface area contributed by atoms with Gasteiger partial charge in [0, 0.05) is 13.7 Å². The molecule has 0 aliphatic carbocycles. The Kier molecular flexibility index (Phi) is 8.57. The predicted molar refractivity (Wildman–Crippen MR) is 55.5 cm³/mol. The van der Waals surface area contributed by atoms with Gasteiger partial charge in [-0.15, -0.1) is 0 Å². The van der Waals surface area contributed by atoms with Gasteiger partial charge in [-0.05, 0) is 13.0 Å². The molecule has 0 amide bonds. The van der Waals surface area contributed by atoms with Crippen molar-refractivity contribution in [3.05, 3.63) is 0 Å². The van der Waals surface area contributed by atoms with Crippen LogP contribution >= 0.6 is 0 Å². The standard InChI is InChI=1S/C10H21NO3/c1-3-4-5-6-11(7-8-14-2)9-10(12)13/h3-9H2,1-2H3,(H,12,13). The molecule has 0 aromatic heterocycles. The predicted octanol–water partition coefficient (Wildman–Crippen LogP) is 1.21. The first kappa shape index (κ1) is 13.4. The van der Waals surface area contributed by atoms with E-state index in [9.17, 15) is 4.79 Å². The van der Waals surface area contributed by atoms with Gasteiger partial charge < -0.3 is 9.84 Å². The van der Waals surface area contributed by atoms with Gasteiger partial charge in [0.05, 0.1) is 13.2 Å². The fourth-order valence-electron chi connectivity index (χ4n) is 1.27. The second-order valence-corrected chi connectivity index (χ2v) is 3.37. The van der Waals surface area contributed by atoms with Crippen LogP contribution in [0.15, 0.2) is 0 Å². The second-order valence-electron chi connectivity index (χ2n) is 3.37. The summed E-state index contributed by atoms with van der Waals surface area (Å²) in [4.78, 5) is 12.4. The van der Waals surface area contributed by atoms with Crippen molar-refractivity contribution < 1.29 is 14.6 Å². The Labute approximate surface area is 85.9 Å². The zero-order chi connectivity index (χ0) is 10.8. The number of methoxy groups -OCH3 is 1. The normalized spacial score (nSPS) is 10.8. The molecule has 0 fully saturated rings. The van der Waals surface area contributed by atoms with Crippen molar-refractivity contribution >= 4 is 5.97 Å². The number of rotatable bonds is 9. The lowest BCUT2D eigenvalue weighted by atomic mass is 10.2. The molecular formula is C10H21NO3. The molecule has 0 atom stereocenters. The summed E-state index contributed by atoms with van der Waals surface area (Å²) in [6, 6.07) is 0. The first-order valence-electron chi connectivity index (χ1n) is 5.13. The largest absolute Gasteiger partial charge is 0.480 e. The van der Waals surface area contributed by atoms with Gasteiger partial charge in [0.1, 0.15) is 0 Å². The van der Waals surface area contributed by atoms with Gasteiger partial charge in [-0.1, -0.05) is 19.8 Å². The topological polar surface area (TPSA) is 49.8 Å². The van der Waals surface area contributed by atoms with E-state index < -0.39 is 5.97 Å². The fourth-order valence-corrected chi connectivity index (χ4v) is 1.27. The molecule has 0 saturated heterocycles. The Morgan fingerprint density at radius 3 is 2.57 bits per heavy atom. The van der Waals surface area contributed by atoms with E-state index in [4.69, 9.17) is 9.84 Å². The summed E-state index contributed by atoms with van der Waals surface area (Å²) in [6.45, 7) is 4.40. The lowest BCUT2D eigenvalue weighted by molar-refractivity contribution is -0.138. The average molecular weight is 203 g/mol. The Balaban J connectivity index is 3.66. The van der Waals surface area contributed by atoms with E-state index in [1.54, 1.807) is 7.11 Å². The van der Waals surface area contributed by atoms with Crippen LogP contribution < -0.4 is 0 Å². The fraction of sp³-hybridized carbons (Fsp3) is 0.900. The van der Waals surface area contributed by atoms with E-state index in [1.165, 1.54) is 0 Å². The minimum atomic E-state index is -0.766.